The zero-order valence-electron chi connectivity index (χ0n) is 8.55. The molecule has 0 saturated heterocycles. The summed E-state index contributed by atoms with van der Waals surface area (Å²) < 4.78 is 31.6. The number of nitrogens with zero attached hydrogens (tertiary/aromatic N) is 1. The first kappa shape index (κ1) is 17.8. The minimum absolute atomic E-state index is 0.0748. The lowest BCUT2D eigenvalue weighted by Crippen LogP contribution is -2.31. The summed E-state index contributed by atoms with van der Waals surface area (Å²) in [4.78, 5) is 14.7. The Hall–Kier alpha value is -1.63. The lowest BCUT2D eigenvalue weighted by molar-refractivity contribution is -0.139. The zero-order chi connectivity index (χ0) is 14.1. The highest BCUT2D eigenvalue weighted by Gasteiger charge is 2.10. The molecule has 9 N–H and O–H groups in total. The van der Waals surface area contributed by atoms with Crippen molar-refractivity contribution in [3.63, 3.8) is 0 Å². The molecule has 0 aliphatic carbocycles. The fourth-order valence-electron chi connectivity index (χ4n) is 0.423. The molecule has 0 heterocycles. The van der Waals surface area contributed by atoms with Crippen LogP contribution in [0.5, 0.6) is 0 Å². The highest BCUT2D eigenvalue weighted by molar-refractivity contribution is 7.79. The molecule has 0 bridgehead atoms. The number of carboxylic acid groups (broad SMARTS) is 1. The number of aliphatic carboxylic acids is 1. The first-order valence-electron chi connectivity index (χ1n) is 3.93. The van der Waals surface area contributed by atoms with E-state index in [1.165, 1.54) is 0 Å². The van der Waals surface area contributed by atoms with Gasteiger partial charge in [-0.2, -0.15) is 8.42 Å². The number of carbonyl (C=O) groups is 1. The van der Waals surface area contributed by atoms with Crippen LogP contribution in [0.3, 0.4) is 0 Å². The molecular formula is C5H14N4O7S. The number of guanidine groups is 1. The Bertz CT molecular complexity index is 341. The van der Waals surface area contributed by atoms with Crippen molar-refractivity contribution in [2.75, 3.05) is 6.61 Å². The molecular weight excluding hydrogens is 260 g/mol. The van der Waals surface area contributed by atoms with Gasteiger partial charge in [-0.25, -0.2) is 0 Å². The van der Waals surface area contributed by atoms with Crippen molar-refractivity contribution in [3.05, 3.63) is 0 Å². The predicted octanol–water partition coefficient (Wildman–Crippen LogP) is -2.66. The van der Waals surface area contributed by atoms with Crippen molar-refractivity contribution >= 4 is 22.3 Å². The Kier molecular flexibility index (Phi) is 8.89. The lowest BCUT2D eigenvalue weighted by atomic mass is 10.2. The number of hydrogen-bond donors (Lipinski definition) is 6. The number of oxime groups is 1. The summed E-state index contributed by atoms with van der Waals surface area (Å²) in [5, 5.41) is 11.5. The summed E-state index contributed by atoms with van der Waals surface area (Å²) in [6, 6.07) is -0.945. The molecule has 0 spiro atoms. The van der Waals surface area contributed by atoms with Crippen LogP contribution < -0.4 is 17.2 Å². The summed E-state index contributed by atoms with van der Waals surface area (Å²) in [6.45, 7) is 0.0748. The van der Waals surface area contributed by atoms with Crippen molar-refractivity contribution < 1.29 is 32.3 Å². The summed E-state index contributed by atoms with van der Waals surface area (Å²) in [5.41, 5.74) is 15.0. The molecule has 1 atom stereocenters. The standard InChI is InChI=1S/C5H12N4O3.H2O4S/c6-3(4(10)11)1-2-12-9-5(7)8;1-5(2,3)4/h3H,1-2,6H2,(H,10,11)(H4,7,8,9);(H2,1,2,3,4). The highest BCUT2D eigenvalue weighted by atomic mass is 32.3. The van der Waals surface area contributed by atoms with E-state index in [0.717, 1.165) is 0 Å². The summed E-state index contributed by atoms with van der Waals surface area (Å²) in [6.07, 6.45) is 0.159. The van der Waals surface area contributed by atoms with Gasteiger partial charge in [0.05, 0.1) is 0 Å². The van der Waals surface area contributed by atoms with Crippen molar-refractivity contribution in [1.82, 2.24) is 0 Å². The van der Waals surface area contributed by atoms with Gasteiger partial charge in [-0.1, -0.05) is 0 Å². The van der Waals surface area contributed by atoms with Crippen LogP contribution in [-0.4, -0.2) is 47.2 Å². The van der Waals surface area contributed by atoms with Crippen LogP contribution in [0.1, 0.15) is 6.42 Å². The van der Waals surface area contributed by atoms with E-state index < -0.39 is 22.4 Å². The number of hydrogen-bond acceptors (Lipinski definition) is 6. The molecule has 0 aromatic heterocycles. The number of rotatable bonds is 5. The van der Waals surface area contributed by atoms with Crippen molar-refractivity contribution in [2.45, 2.75) is 12.5 Å². The van der Waals surface area contributed by atoms with E-state index in [-0.39, 0.29) is 19.0 Å². The molecule has 0 rings (SSSR count). The van der Waals surface area contributed by atoms with E-state index in [2.05, 4.69) is 9.99 Å². The molecule has 1 unspecified atom stereocenters. The van der Waals surface area contributed by atoms with Crippen LogP contribution in [0, 0.1) is 0 Å². The maximum atomic E-state index is 10.2. The third-order valence-electron chi connectivity index (χ3n) is 1.01. The second-order valence-corrected chi connectivity index (χ2v) is 3.43. The molecule has 0 fully saturated rings. The molecule has 0 radical (unpaired) electrons. The van der Waals surface area contributed by atoms with Crippen LogP contribution in [0.2, 0.25) is 0 Å². The molecule has 0 saturated carbocycles. The van der Waals surface area contributed by atoms with Gasteiger partial charge in [-0.15, -0.1) is 0 Å². The maximum Gasteiger partial charge on any atom is 0.394 e. The summed E-state index contributed by atoms with van der Waals surface area (Å²) in [5.74, 6) is -1.29. The smallest absolute Gasteiger partial charge is 0.394 e. The normalized spacial score (nSPS) is 11.7. The topological polar surface area (TPSA) is 212 Å². The molecule has 11 nitrogen and oxygen atoms in total. The van der Waals surface area contributed by atoms with Gasteiger partial charge in [0.2, 0.25) is 5.96 Å². The van der Waals surface area contributed by atoms with E-state index in [1.807, 2.05) is 0 Å². The maximum absolute atomic E-state index is 10.2. The van der Waals surface area contributed by atoms with Crippen molar-refractivity contribution in [1.29, 1.82) is 0 Å². The minimum atomic E-state index is -4.67. The van der Waals surface area contributed by atoms with Gasteiger partial charge in [-0.05, 0) is 5.16 Å². The van der Waals surface area contributed by atoms with Gasteiger partial charge in [0, 0.05) is 6.42 Å². The SMILES string of the molecule is NC(N)=NOCCC(N)C(=O)O.O=S(=O)(O)O. The second-order valence-electron chi connectivity index (χ2n) is 2.53. The number of carboxylic acids is 1. The highest BCUT2D eigenvalue weighted by Crippen LogP contribution is 1.89. The largest absolute Gasteiger partial charge is 0.480 e. The summed E-state index contributed by atoms with van der Waals surface area (Å²) in [7, 11) is -4.67. The Balaban J connectivity index is 0. The fraction of sp³-hybridized carbons (Fsp3) is 0.600. The molecule has 17 heavy (non-hydrogen) atoms. The van der Waals surface area contributed by atoms with Gasteiger partial charge in [0.25, 0.3) is 0 Å². The van der Waals surface area contributed by atoms with E-state index in [9.17, 15) is 4.79 Å². The molecule has 0 aromatic carbocycles. The van der Waals surface area contributed by atoms with Gasteiger partial charge in [-0.3, -0.25) is 13.9 Å². The molecule has 0 amide bonds. The van der Waals surface area contributed by atoms with Crippen LogP contribution in [0.4, 0.5) is 0 Å². The summed E-state index contributed by atoms with van der Waals surface area (Å²) >= 11 is 0. The van der Waals surface area contributed by atoms with E-state index in [1.54, 1.807) is 0 Å². The Morgan fingerprint density at radius 3 is 2.06 bits per heavy atom. The fourth-order valence-corrected chi connectivity index (χ4v) is 0.423. The first-order valence-corrected chi connectivity index (χ1v) is 5.33. The second kappa shape index (κ2) is 8.51. The van der Waals surface area contributed by atoms with Gasteiger partial charge < -0.3 is 27.1 Å². The van der Waals surface area contributed by atoms with E-state index in [0.29, 0.717) is 0 Å². The van der Waals surface area contributed by atoms with Gasteiger partial charge >= 0.3 is 16.4 Å². The third kappa shape index (κ3) is 25.0. The van der Waals surface area contributed by atoms with Crippen molar-refractivity contribution in [2.24, 2.45) is 22.4 Å². The van der Waals surface area contributed by atoms with Gasteiger partial charge in [0.15, 0.2) is 0 Å². The molecule has 12 heteroatoms. The van der Waals surface area contributed by atoms with Crippen LogP contribution in [-0.2, 0) is 20.0 Å². The zero-order valence-corrected chi connectivity index (χ0v) is 9.37. The van der Waals surface area contributed by atoms with Crippen molar-refractivity contribution in [3.8, 4) is 0 Å². The van der Waals surface area contributed by atoms with Crippen LogP contribution in [0.15, 0.2) is 5.16 Å². The molecule has 0 aromatic rings. The minimum Gasteiger partial charge on any atom is -0.480 e. The average molecular weight is 274 g/mol. The monoisotopic (exact) mass is 274 g/mol. The third-order valence-corrected chi connectivity index (χ3v) is 1.01. The van der Waals surface area contributed by atoms with Gasteiger partial charge in [0.1, 0.15) is 12.6 Å². The Morgan fingerprint density at radius 2 is 1.76 bits per heavy atom. The lowest BCUT2D eigenvalue weighted by Gasteiger charge is -2.03. The molecule has 102 valence electrons. The predicted molar refractivity (Wildman–Crippen MR) is 56.2 cm³/mol. The number of nitrogens with two attached hydrogens (primary N) is 3. The van der Waals surface area contributed by atoms with E-state index >= 15 is 0 Å². The Morgan fingerprint density at radius 1 is 1.35 bits per heavy atom. The Labute approximate surface area is 96.8 Å². The molecule has 0 aliphatic heterocycles. The van der Waals surface area contributed by atoms with Crippen LogP contribution in [0.25, 0.3) is 0 Å². The molecule has 0 aliphatic rings. The quantitative estimate of drug-likeness (QED) is 0.101. The first-order chi connectivity index (χ1) is 7.54. The van der Waals surface area contributed by atoms with E-state index in [4.69, 9.17) is 39.8 Å². The van der Waals surface area contributed by atoms with Crippen LogP contribution >= 0.6 is 0 Å². The average Bonchev–Trinajstić information content (AvgIpc) is 2.08.